The van der Waals surface area contributed by atoms with E-state index in [1.54, 1.807) is 36.4 Å². The van der Waals surface area contributed by atoms with Crippen molar-refractivity contribution >= 4 is 55.7 Å². The van der Waals surface area contributed by atoms with Crippen LogP contribution in [0.5, 0.6) is 0 Å². The Labute approximate surface area is 201 Å². The fourth-order valence-electron chi connectivity index (χ4n) is 4.90. The first-order chi connectivity index (χ1) is 17.1. The van der Waals surface area contributed by atoms with Gasteiger partial charge in [-0.05, 0) is 50.1 Å². The van der Waals surface area contributed by atoms with E-state index in [9.17, 15) is 9.59 Å². The molecule has 0 unspecified atom stereocenters. The predicted molar refractivity (Wildman–Crippen MR) is 133 cm³/mol. The Morgan fingerprint density at radius 2 is 1.51 bits per heavy atom. The van der Waals surface area contributed by atoms with Crippen LogP contribution < -0.4 is 0 Å². The van der Waals surface area contributed by atoms with Crippen molar-refractivity contribution in [2.75, 3.05) is 19.7 Å². The number of amides is 1. The van der Waals surface area contributed by atoms with Crippen LogP contribution in [0.25, 0.3) is 43.9 Å². The van der Waals surface area contributed by atoms with Gasteiger partial charge in [0, 0.05) is 41.8 Å². The molecule has 5 aromatic rings. The largest absolute Gasteiger partial charge is 0.466 e. The third-order valence-corrected chi connectivity index (χ3v) is 6.67. The van der Waals surface area contributed by atoms with Crippen molar-refractivity contribution in [3.8, 4) is 0 Å². The number of hydrogen-bond donors (Lipinski definition) is 0. The summed E-state index contributed by atoms with van der Waals surface area (Å²) in [6.07, 6.45) is 4.72. The Morgan fingerprint density at radius 1 is 0.886 bits per heavy atom. The van der Waals surface area contributed by atoms with E-state index in [0.29, 0.717) is 60.2 Å². The Kier molecular flexibility index (Phi) is 5.21. The zero-order valence-corrected chi connectivity index (χ0v) is 19.3. The molecule has 1 fully saturated rings. The second-order valence-electron chi connectivity index (χ2n) is 8.74. The number of aromatic nitrogens is 4. The summed E-state index contributed by atoms with van der Waals surface area (Å²) in [5.74, 6) is -0.383. The molecular formula is C27H23N5O3. The first-order valence-corrected chi connectivity index (χ1v) is 11.8. The van der Waals surface area contributed by atoms with Gasteiger partial charge in [0.05, 0.1) is 34.6 Å². The Bertz CT molecular complexity index is 1630. The van der Waals surface area contributed by atoms with E-state index < -0.39 is 0 Å². The Hall–Kier alpha value is -4.20. The highest BCUT2D eigenvalue weighted by molar-refractivity contribution is 6.21. The minimum Gasteiger partial charge on any atom is -0.466 e. The highest BCUT2D eigenvalue weighted by Crippen LogP contribution is 2.32. The van der Waals surface area contributed by atoms with E-state index in [1.165, 1.54) is 0 Å². The molecule has 35 heavy (non-hydrogen) atoms. The molecule has 2 aromatic carbocycles. The number of likely N-dealkylation sites (tertiary alicyclic amines) is 1. The van der Waals surface area contributed by atoms with Crippen molar-refractivity contribution in [1.29, 1.82) is 0 Å². The van der Waals surface area contributed by atoms with Crippen molar-refractivity contribution < 1.29 is 14.3 Å². The molecule has 8 nitrogen and oxygen atoms in total. The topological polar surface area (TPSA) is 98.2 Å². The summed E-state index contributed by atoms with van der Waals surface area (Å²) in [4.78, 5) is 46.0. The summed E-state index contributed by atoms with van der Waals surface area (Å²) in [5, 5.41) is 1.95. The number of carbonyl (C=O) groups is 2. The summed E-state index contributed by atoms with van der Waals surface area (Å²) in [7, 11) is 0. The van der Waals surface area contributed by atoms with Gasteiger partial charge in [0.15, 0.2) is 0 Å². The number of fused-ring (bicyclic) bond motifs is 7. The van der Waals surface area contributed by atoms with Gasteiger partial charge in [0.2, 0.25) is 0 Å². The average molecular weight is 466 g/mol. The van der Waals surface area contributed by atoms with Crippen molar-refractivity contribution in [3.05, 3.63) is 60.4 Å². The zero-order chi connectivity index (χ0) is 23.9. The molecule has 0 bridgehead atoms. The summed E-state index contributed by atoms with van der Waals surface area (Å²) in [6.45, 7) is 3.23. The monoisotopic (exact) mass is 465 g/mol. The fraction of sp³-hybridized carbons (Fsp3) is 0.259. The number of nitrogens with zero attached hydrogens (tertiary/aromatic N) is 5. The predicted octanol–water partition coefficient (Wildman–Crippen LogP) is 4.29. The Balaban J connectivity index is 1.39. The molecule has 0 N–H and O–H groups in total. The van der Waals surface area contributed by atoms with Crippen molar-refractivity contribution in [1.82, 2.24) is 24.8 Å². The standard InChI is InChI=1S/C27H23N5O3/c1-2-35-27(34)16-9-13-32(14-10-16)26(33)17-7-8-20-21(15-17)31-25-23-19(6-4-12-29-23)18-5-3-11-28-22(18)24(25)30-20/h3-8,11-12,15-16H,2,9-10,13-14H2,1H3. The van der Waals surface area contributed by atoms with Crippen LogP contribution in [0.15, 0.2) is 54.9 Å². The van der Waals surface area contributed by atoms with Gasteiger partial charge >= 0.3 is 5.97 Å². The van der Waals surface area contributed by atoms with Gasteiger partial charge in [0.25, 0.3) is 5.91 Å². The van der Waals surface area contributed by atoms with Crippen LogP contribution in [0.4, 0.5) is 0 Å². The van der Waals surface area contributed by atoms with E-state index in [-0.39, 0.29) is 17.8 Å². The van der Waals surface area contributed by atoms with E-state index in [0.717, 1.165) is 21.8 Å². The number of esters is 1. The molecule has 0 atom stereocenters. The van der Waals surface area contributed by atoms with Gasteiger partial charge in [-0.1, -0.05) is 12.1 Å². The molecule has 8 heteroatoms. The SMILES string of the molecule is CCOC(=O)C1CCN(C(=O)c2ccc3nc4c5ncccc5c5cccnc5c4nc3c2)CC1. The Morgan fingerprint density at radius 3 is 2.14 bits per heavy atom. The first-order valence-electron chi connectivity index (χ1n) is 11.8. The third kappa shape index (κ3) is 3.62. The summed E-state index contributed by atoms with van der Waals surface area (Å²) in [5.41, 5.74) is 4.77. The fourth-order valence-corrected chi connectivity index (χ4v) is 4.90. The van der Waals surface area contributed by atoms with Crippen LogP contribution in [0.2, 0.25) is 0 Å². The lowest BCUT2D eigenvalue weighted by Crippen LogP contribution is -2.40. The molecule has 1 saturated heterocycles. The highest BCUT2D eigenvalue weighted by Gasteiger charge is 2.29. The second kappa shape index (κ2) is 8.54. The first kappa shape index (κ1) is 21.3. The number of ether oxygens (including phenoxy) is 1. The van der Waals surface area contributed by atoms with Gasteiger partial charge in [-0.3, -0.25) is 19.6 Å². The molecule has 4 heterocycles. The van der Waals surface area contributed by atoms with Gasteiger partial charge < -0.3 is 9.64 Å². The number of piperidine rings is 1. The normalized spacial score (nSPS) is 14.7. The molecule has 1 aliphatic rings. The van der Waals surface area contributed by atoms with Crippen LogP contribution in [0.3, 0.4) is 0 Å². The highest BCUT2D eigenvalue weighted by atomic mass is 16.5. The number of benzene rings is 2. The second-order valence-corrected chi connectivity index (χ2v) is 8.74. The third-order valence-electron chi connectivity index (χ3n) is 6.67. The van der Waals surface area contributed by atoms with E-state index in [4.69, 9.17) is 14.7 Å². The molecule has 0 spiro atoms. The lowest BCUT2D eigenvalue weighted by molar-refractivity contribution is -0.149. The van der Waals surface area contributed by atoms with Crippen LogP contribution in [0.1, 0.15) is 30.1 Å². The lowest BCUT2D eigenvalue weighted by Gasteiger charge is -2.31. The molecule has 6 rings (SSSR count). The van der Waals surface area contributed by atoms with Gasteiger partial charge in [-0.2, -0.15) is 0 Å². The molecule has 1 amide bonds. The summed E-state index contributed by atoms with van der Waals surface area (Å²) >= 11 is 0. The maximum Gasteiger partial charge on any atom is 0.309 e. The molecular weight excluding hydrogens is 442 g/mol. The number of pyridine rings is 2. The number of rotatable bonds is 3. The van der Waals surface area contributed by atoms with Gasteiger partial charge in [-0.15, -0.1) is 0 Å². The zero-order valence-electron chi connectivity index (χ0n) is 19.3. The van der Waals surface area contributed by atoms with Gasteiger partial charge in [0.1, 0.15) is 11.0 Å². The van der Waals surface area contributed by atoms with Crippen molar-refractivity contribution in [2.45, 2.75) is 19.8 Å². The molecule has 1 aliphatic heterocycles. The molecule has 0 saturated carbocycles. The lowest BCUT2D eigenvalue weighted by atomic mass is 9.96. The molecule has 174 valence electrons. The smallest absolute Gasteiger partial charge is 0.309 e. The van der Waals surface area contributed by atoms with Crippen LogP contribution in [-0.4, -0.2) is 56.4 Å². The molecule has 0 aliphatic carbocycles. The number of carbonyl (C=O) groups excluding carboxylic acids is 2. The molecule has 0 radical (unpaired) electrons. The van der Waals surface area contributed by atoms with Gasteiger partial charge in [-0.25, -0.2) is 9.97 Å². The van der Waals surface area contributed by atoms with E-state index >= 15 is 0 Å². The van der Waals surface area contributed by atoms with E-state index in [1.807, 2.05) is 30.3 Å². The number of hydrogen-bond acceptors (Lipinski definition) is 7. The van der Waals surface area contributed by atoms with E-state index in [2.05, 4.69) is 9.97 Å². The molecule has 3 aromatic heterocycles. The summed E-state index contributed by atoms with van der Waals surface area (Å²) < 4.78 is 5.14. The van der Waals surface area contributed by atoms with Crippen LogP contribution >= 0.6 is 0 Å². The average Bonchev–Trinajstić information content (AvgIpc) is 2.92. The quantitative estimate of drug-likeness (QED) is 0.223. The van der Waals surface area contributed by atoms with Crippen LogP contribution in [-0.2, 0) is 9.53 Å². The van der Waals surface area contributed by atoms with Crippen LogP contribution in [0, 0.1) is 5.92 Å². The minimum absolute atomic E-state index is 0.0701. The van der Waals surface area contributed by atoms with Crippen molar-refractivity contribution in [3.63, 3.8) is 0 Å². The maximum absolute atomic E-state index is 13.2. The van der Waals surface area contributed by atoms with Crippen molar-refractivity contribution in [2.24, 2.45) is 5.92 Å². The minimum atomic E-state index is -0.171. The summed E-state index contributed by atoms with van der Waals surface area (Å²) in [6, 6.07) is 13.2. The maximum atomic E-state index is 13.2.